The van der Waals surface area contributed by atoms with E-state index >= 15 is 0 Å². The average molecular weight is 337 g/mol. The number of hydrogen-bond donors (Lipinski definition) is 2. The molecule has 0 aliphatic carbocycles. The summed E-state index contributed by atoms with van der Waals surface area (Å²) in [6, 6.07) is 12.7. The minimum Gasteiger partial charge on any atom is -0.478 e. The molecule has 1 aromatic carbocycles. The highest BCUT2D eigenvalue weighted by Gasteiger charge is 2.25. The van der Waals surface area contributed by atoms with E-state index in [4.69, 9.17) is 4.42 Å². The number of aromatic nitrogens is 2. The second-order valence-electron chi connectivity index (χ2n) is 6.35. The van der Waals surface area contributed by atoms with Crippen molar-refractivity contribution in [2.75, 3.05) is 13.1 Å². The molecule has 1 atom stereocenters. The molecule has 2 aromatic heterocycles. The number of H-pyrrole nitrogens is 1. The molecule has 6 heteroatoms. The quantitative estimate of drug-likeness (QED) is 0.746. The number of carbonyl (C=O) groups is 1. The van der Waals surface area contributed by atoms with Crippen LogP contribution in [0.4, 0.5) is 0 Å². The third-order valence-electron chi connectivity index (χ3n) is 4.70. The van der Waals surface area contributed by atoms with E-state index in [-0.39, 0.29) is 5.56 Å². The Morgan fingerprint density at radius 2 is 2.16 bits per heavy atom. The zero-order valence-corrected chi connectivity index (χ0v) is 13.7. The lowest BCUT2D eigenvalue weighted by molar-refractivity contribution is 0.0697. The first kappa shape index (κ1) is 15.7. The van der Waals surface area contributed by atoms with Crippen LogP contribution in [0, 0.1) is 0 Å². The van der Waals surface area contributed by atoms with Crippen molar-refractivity contribution in [2.24, 2.45) is 0 Å². The molecule has 6 nitrogen and oxygen atoms in total. The summed E-state index contributed by atoms with van der Waals surface area (Å²) in [6.45, 7) is 2.69. The van der Waals surface area contributed by atoms with Crippen molar-refractivity contribution in [3.63, 3.8) is 0 Å². The predicted octanol–water partition coefficient (Wildman–Crippen LogP) is 3.36. The maximum Gasteiger partial charge on any atom is 0.336 e. The van der Waals surface area contributed by atoms with Gasteiger partial charge in [0.25, 0.3) is 0 Å². The minimum atomic E-state index is -0.949. The number of aromatic amines is 1. The van der Waals surface area contributed by atoms with Gasteiger partial charge < -0.3 is 9.52 Å². The van der Waals surface area contributed by atoms with Crippen LogP contribution in [0.5, 0.6) is 0 Å². The van der Waals surface area contributed by atoms with E-state index in [1.165, 1.54) is 5.69 Å². The monoisotopic (exact) mass is 337 g/mol. The van der Waals surface area contributed by atoms with Crippen LogP contribution in [-0.4, -0.2) is 39.3 Å². The first-order valence-corrected chi connectivity index (χ1v) is 8.34. The fraction of sp³-hybridized carbons (Fsp3) is 0.263. The summed E-state index contributed by atoms with van der Waals surface area (Å²) in [5.41, 5.74) is 2.04. The number of nitrogens with zero attached hydrogens (tertiary/aromatic N) is 2. The Bertz CT molecular complexity index is 870. The molecule has 0 saturated carbocycles. The highest BCUT2D eigenvalue weighted by atomic mass is 16.4. The van der Waals surface area contributed by atoms with Crippen molar-refractivity contribution in [3.8, 4) is 11.3 Å². The number of carboxylic acids is 1. The lowest BCUT2D eigenvalue weighted by atomic mass is 10.1. The molecule has 0 radical (unpaired) electrons. The summed E-state index contributed by atoms with van der Waals surface area (Å²) in [6.07, 6.45) is 2.88. The predicted molar refractivity (Wildman–Crippen MR) is 92.3 cm³/mol. The van der Waals surface area contributed by atoms with Gasteiger partial charge in [-0.25, -0.2) is 4.79 Å². The zero-order valence-electron chi connectivity index (χ0n) is 13.7. The number of furan rings is 1. The van der Waals surface area contributed by atoms with Crippen LogP contribution in [0.2, 0.25) is 0 Å². The Labute approximate surface area is 145 Å². The fourth-order valence-corrected chi connectivity index (χ4v) is 3.44. The van der Waals surface area contributed by atoms with Crippen molar-refractivity contribution in [3.05, 3.63) is 65.7 Å². The summed E-state index contributed by atoms with van der Waals surface area (Å²) >= 11 is 0. The summed E-state index contributed by atoms with van der Waals surface area (Å²) in [7, 11) is 0. The lowest BCUT2D eigenvalue weighted by Gasteiger charge is -2.13. The highest BCUT2D eigenvalue weighted by Crippen LogP contribution is 2.29. The Balaban J connectivity index is 1.47. The van der Waals surface area contributed by atoms with Crippen LogP contribution >= 0.6 is 0 Å². The van der Waals surface area contributed by atoms with Gasteiger partial charge in [-0.3, -0.25) is 10.00 Å². The Kier molecular flexibility index (Phi) is 4.11. The van der Waals surface area contributed by atoms with Gasteiger partial charge >= 0.3 is 5.97 Å². The molecule has 0 unspecified atom stereocenters. The van der Waals surface area contributed by atoms with Gasteiger partial charge in [0.1, 0.15) is 11.5 Å². The third kappa shape index (κ3) is 3.21. The SMILES string of the molecule is O=C(O)c1ccccc1-c1ccc(CN2CC[C@@H](c3ccn[nH]3)C2)o1. The molecule has 1 fully saturated rings. The first-order valence-electron chi connectivity index (χ1n) is 8.34. The molecule has 128 valence electrons. The van der Waals surface area contributed by atoms with E-state index in [1.54, 1.807) is 24.4 Å². The van der Waals surface area contributed by atoms with Crippen LogP contribution in [0.1, 0.15) is 34.2 Å². The highest BCUT2D eigenvalue weighted by molar-refractivity contribution is 5.95. The van der Waals surface area contributed by atoms with Crippen molar-refractivity contribution in [2.45, 2.75) is 18.9 Å². The lowest BCUT2D eigenvalue weighted by Crippen LogP contribution is -2.19. The normalized spacial score (nSPS) is 17.8. The molecule has 2 N–H and O–H groups in total. The largest absolute Gasteiger partial charge is 0.478 e. The molecule has 0 bridgehead atoms. The van der Waals surface area contributed by atoms with Gasteiger partial charge in [-0.2, -0.15) is 5.10 Å². The van der Waals surface area contributed by atoms with Gasteiger partial charge in [0.15, 0.2) is 0 Å². The number of carboxylic acid groups (broad SMARTS) is 1. The number of aromatic carboxylic acids is 1. The van der Waals surface area contributed by atoms with Crippen molar-refractivity contribution in [1.82, 2.24) is 15.1 Å². The van der Waals surface area contributed by atoms with Crippen molar-refractivity contribution < 1.29 is 14.3 Å². The zero-order chi connectivity index (χ0) is 17.2. The first-order chi connectivity index (χ1) is 12.2. The van der Waals surface area contributed by atoms with E-state index in [0.717, 1.165) is 31.8 Å². The van der Waals surface area contributed by atoms with Crippen LogP contribution in [0.15, 0.2) is 53.1 Å². The van der Waals surface area contributed by atoms with Gasteiger partial charge in [0, 0.05) is 29.9 Å². The van der Waals surface area contributed by atoms with Crippen LogP contribution < -0.4 is 0 Å². The summed E-state index contributed by atoms with van der Waals surface area (Å²) in [4.78, 5) is 13.7. The molecule has 3 aromatic rings. The standard InChI is InChI=1S/C19H19N3O3/c23-19(24)16-4-2-1-3-15(16)18-6-5-14(25-18)12-22-10-8-13(11-22)17-7-9-20-21-17/h1-7,9,13H,8,10-12H2,(H,20,21)(H,23,24)/t13-/m1/s1. The smallest absolute Gasteiger partial charge is 0.336 e. The Morgan fingerprint density at radius 3 is 2.96 bits per heavy atom. The molecular formula is C19H19N3O3. The maximum atomic E-state index is 11.4. The van der Waals surface area contributed by atoms with Crippen LogP contribution in [0.25, 0.3) is 11.3 Å². The molecule has 1 saturated heterocycles. The molecule has 1 aliphatic rings. The van der Waals surface area contributed by atoms with Gasteiger partial charge in [-0.1, -0.05) is 18.2 Å². The number of hydrogen-bond acceptors (Lipinski definition) is 4. The van der Waals surface area contributed by atoms with E-state index in [9.17, 15) is 9.90 Å². The van der Waals surface area contributed by atoms with Crippen LogP contribution in [-0.2, 0) is 6.54 Å². The summed E-state index contributed by atoms with van der Waals surface area (Å²) in [5, 5.41) is 16.4. The molecule has 1 aliphatic heterocycles. The minimum absolute atomic E-state index is 0.254. The summed E-state index contributed by atoms with van der Waals surface area (Å²) in [5.74, 6) is 0.970. The molecule has 0 amide bonds. The Morgan fingerprint density at radius 1 is 1.28 bits per heavy atom. The van der Waals surface area contributed by atoms with Gasteiger partial charge in [-0.05, 0) is 37.2 Å². The maximum absolute atomic E-state index is 11.4. The molecule has 25 heavy (non-hydrogen) atoms. The molecule has 4 rings (SSSR count). The second kappa shape index (κ2) is 6.57. The average Bonchev–Trinajstić information content (AvgIpc) is 3.36. The molecule has 0 spiro atoms. The topological polar surface area (TPSA) is 82.4 Å². The van der Waals surface area contributed by atoms with Gasteiger partial charge in [-0.15, -0.1) is 0 Å². The number of nitrogens with one attached hydrogen (secondary N) is 1. The van der Waals surface area contributed by atoms with Crippen molar-refractivity contribution >= 4 is 5.97 Å². The van der Waals surface area contributed by atoms with Crippen molar-refractivity contribution in [1.29, 1.82) is 0 Å². The van der Waals surface area contributed by atoms with Gasteiger partial charge in [0.2, 0.25) is 0 Å². The fourth-order valence-electron chi connectivity index (χ4n) is 3.44. The molecule has 3 heterocycles. The second-order valence-corrected chi connectivity index (χ2v) is 6.35. The Hall–Kier alpha value is -2.86. The van der Waals surface area contributed by atoms with Gasteiger partial charge in [0.05, 0.1) is 12.1 Å². The number of likely N-dealkylation sites (tertiary alicyclic amines) is 1. The van der Waals surface area contributed by atoms with E-state index < -0.39 is 5.97 Å². The van der Waals surface area contributed by atoms with E-state index in [2.05, 4.69) is 15.1 Å². The molecular weight excluding hydrogens is 318 g/mol. The third-order valence-corrected chi connectivity index (χ3v) is 4.70. The van der Waals surface area contributed by atoms with E-state index in [1.807, 2.05) is 24.3 Å². The number of rotatable bonds is 5. The summed E-state index contributed by atoms with van der Waals surface area (Å²) < 4.78 is 5.92. The van der Waals surface area contributed by atoms with Crippen LogP contribution in [0.3, 0.4) is 0 Å². The number of benzene rings is 1. The van der Waals surface area contributed by atoms with E-state index in [0.29, 0.717) is 17.2 Å².